The fourth-order valence-corrected chi connectivity index (χ4v) is 4.18. The maximum absolute atomic E-state index is 12.3. The largest absolute Gasteiger partial charge is 0.465 e. The van der Waals surface area contributed by atoms with Crippen LogP contribution < -0.4 is 0 Å². The number of esters is 1. The molecule has 1 rings (SSSR count). The molecule has 28 heavy (non-hydrogen) atoms. The Hall–Kier alpha value is -1.13. The van der Waals surface area contributed by atoms with Crippen LogP contribution in [0.3, 0.4) is 0 Å². The maximum Gasteiger partial charge on any atom is 0.313 e. The van der Waals surface area contributed by atoms with Crippen molar-refractivity contribution in [3.05, 3.63) is 35.4 Å². The van der Waals surface area contributed by atoms with Gasteiger partial charge in [0.05, 0.1) is 32.3 Å². The van der Waals surface area contributed by atoms with Gasteiger partial charge >= 0.3 is 5.97 Å². The van der Waals surface area contributed by atoms with Gasteiger partial charge < -0.3 is 18.3 Å². The van der Waals surface area contributed by atoms with Crippen molar-refractivity contribution >= 4 is 19.8 Å². The number of unbranched alkanes of at least 4 members (excludes halogenated alkanes) is 1. The van der Waals surface area contributed by atoms with Gasteiger partial charge in [0.25, 0.3) is 7.57 Å². The van der Waals surface area contributed by atoms with Gasteiger partial charge in [0.1, 0.15) is 0 Å². The Bertz CT molecular complexity index is 602. The van der Waals surface area contributed by atoms with Crippen molar-refractivity contribution in [2.75, 3.05) is 26.4 Å². The van der Waals surface area contributed by atoms with E-state index in [0.29, 0.717) is 32.3 Å². The molecule has 5 nitrogen and oxygen atoms in total. The molecule has 1 aromatic carbocycles. The van der Waals surface area contributed by atoms with Crippen LogP contribution in [0.4, 0.5) is 0 Å². The molecule has 0 aliphatic rings. The number of hydrogen-bond donors (Lipinski definition) is 0. The van der Waals surface area contributed by atoms with Crippen LogP contribution in [0.5, 0.6) is 0 Å². The summed E-state index contributed by atoms with van der Waals surface area (Å²) in [5, 5.41) is 0. The van der Waals surface area contributed by atoms with E-state index in [2.05, 4.69) is 32.3 Å². The average molecular weight is 413 g/mol. The first-order valence-electron chi connectivity index (χ1n) is 10.2. The van der Waals surface area contributed by atoms with Crippen molar-refractivity contribution < 1.29 is 23.1 Å². The minimum atomic E-state index is -2.46. The lowest BCUT2D eigenvalue weighted by Gasteiger charge is -2.22. The zero-order chi connectivity index (χ0) is 21.0. The van der Waals surface area contributed by atoms with Gasteiger partial charge in [-0.1, -0.05) is 38.1 Å². The zero-order valence-electron chi connectivity index (χ0n) is 18.1. The van der Waals surface area contributed by atoms with Crippen LogP contribution in [0.2, 0.25) is 0 Å². The van der Waals surface area contributed by atoms with Gasteiger partial charge in [-0.2, -0.15) is 0 Å². The van der Waals surface area contributed by atoms with E-state index in [9.17, 15) is 4.79 Å². The van der Waals surface area contributed by atoms with E-state index < -0.39 is 7.57 Å². The van der Waals surface area contributed by atoms with Crippen molar-refractivity contribution in [2.24, 2.45) is 5.92 Å². The topological polar surface area (TPSA) is 54.0 Å². The van der Waals surface area contributed by atoms with Crippen molar-refractivity contribution in [2.45, 2.75) is 59.8 Å². The van der Waals surface area contributed by atoms with Gasteiger partial charge in [0.2, 0.25) is 0 Å². The lowest BCUT2D eigenvalue weighted by Crippen LogP contribution is -2.14. The number of benzene rings is 1. The summed E-state index contributed by atoms with van der Waals surface area (Å²) < 4.78 is 22.1. The van der Waals surface area contributed by atoms with Crippen LogP contribution in [0.15, 0.2) is 24.3 Å². The number of carbonyl (C=O) groups is 1. The Morgan fingerprint density at radius 3 is 2.07 bits per heavy atom. The second-order valence-electron chi connectivity index (χ2n) is 7.22. The van der Waals surface area contributed by atoms with Gasteiger partial charge in [-0.25, -0.2) is 0 Å². The molecule has 160 valence electrons. The second-order valence-corrected chi connectivity index (χ2v) is 9.21. The highest BCUT2D eigenvalue weighted by molar-refractivity contribution is 7.59. The standard InChI is InChI=1S/C22H37O5P/c1-7-25-28(6,26-8-2)27-16-10-9-15-24-22(23)19(5)21-13-11-20(12-14-21)17-18(3)4/h11-14,18-19H,6-10,15-17H2,1-5H3. The van der Waals surface area contributed by atoms with E-state index in [0.717, 1.165) is 24.8 Å². The molecule has 0 radical (unpaired) electrons. The smallest absolute Gasteiger partial charge is 0.313 e. The van der Waals surface area contributed by atoms with Crippen LogP contribution in [-0.2, 0) is 29.5 Å². The minimum Gasteiger partial charge on any atom is -0.465 e. The Balaban J connectivity index is 2.31. The highest BCUT2D eigenvalue weighted by Crippen LogP contribution is 2.48. The molecule has 1 aromatic rings. The normalized spacial score (nSPS) is 12.9. The number of hydrogen-bond acceptors (Lipinski definition) is 5. The molecule has 0 heterocycles. The van der Waals surface area contributed by atoms with Crippen molar-refractivity contribution in [3.63, 3.8) is 0 Å². The Morgan fingerprint density at radius 1 is 0.964 bits per heavy atom. The summed E-state index contributed by atoms with van der Waals surface area (Å²) in [6.45, 7) is 11.9. The lowest BCUT2D eigenvalue weighted by molar-refractivity contribution is -0.145. The van der Waals surface area contributed by atoms with E-state index in [1.165, 1.54) is 5.56 Å². The molecule has 0 aliphatic carbocycles. The molecule has 0 spiro atoms. The number of ether oxygens (including phenoxy) is 1. The molecule has 0 saturated heterocycles. The monoisotopic (exact) mass is 412 g/mol. The summed E-state index contributed by atoms with van der Waals surface area (Å²) in [5.74, 6) is 0.161. The third-order valence-corrected chi connectivity index (χ3v) is 6.08. The SMILES string of the molecule is C=P(OCC)(OCC)OCCCCOC(=O)C(C)c1ccc(CC(C)C)cc1. The van der Waals surface area contributed by atoms with Gasteiger partial charge in [-0.3, -0.25) is 4.79 Å². The van der Waals surface area contributed by atoms with Crippen molar-refractivity contribution in [1.82, 2.24) is 0 Å². The van der Waals surface area contributed by atoms with Gasteiger partial charge in [0.15, 0.2) is 0 Å². The maximum atomic E-state index is 12.3. The van der Waals surface area contributed by atoms with Crippen molar-refractivity contribution in [3.8, 4) is 0 Å². The van der Waals surface area contributed by atoms with Crippen LogP contribution >= 0.6 is 7.57 Å². The summed E-state index contributed by atoms with van der Waals surface area (Å²) in [4.78, 5) is 12.3. The van der Waals surface area contributed by atoms with Crippen molar-refractivity contribution in [1.29, 1.82) is 0 Å². The molecule has 0 saturated carbocycles. The Kier molecular flexibility index (Phi) is 11.7. The van der Waals surface area contributed by atoms with Gasteiger partial charge in [-0.05, 0) is 63.4 Å². The molecule has 0 aliphatic heterocycles. The summed E-state index contributed by atoms with van der Waals surface area (Å²) in [6, 6.07) is 8.25. The molecular formula is C22H37O5P. The summed E-state index contributed by atoms with van der Waals surface area (Å²) in [7, 11) is -2.46. The summed E-state index contributed by atoms with van der Waals surface area (Å²) >= 11 is 0. The number of carbonyl (C=O) groups excluding carboxylic acids is 1. The molecule has 1 atom stereocenters. The highest BCUT2D eigenvalue weighted by atomic mass is 31.2. The van der Waals surface area contributed by atoms with Crippen LogP contribution in [-0.4, -0.2) is 38.7 Å². The lowest BCUT2D eigenvalue weighted by atomic mass is 9.97. The number of rotatable bonds is 14. The Labute approximate surface area is 170 Å². The Morgan fingerprint density at radius 2 is 1.54 bits per heavy atom. The predicted molar refractivity (Wildman–Crippen MR) is 117 cm³/mol. The predicted octanol–water partition coefficient (Wildman–Crippen LogP) is 5.60. The molecule has 0 aromatic heterocycles. The first-order chi connectivity index (χ1) is 13.3. The van der Waals surface area contributed by atoms with Gasteiger partial charge in [-0.15, -0.1) is 0 Å². The molecule has 6 heteroatoms. The molecule has 0 amide bonds. The fraction of sp³-hybridized carbons (Fsp3) is 0.636. The van der Waals surface area contributed by atoms with E-state index in [-0.39, 0.29) is 11.9 Å². The second kappa shape index (κ2) is 13.2. The third-order valence-electron chi connectivity index (χ3n) is 4.20. The van der Waals surface area contributed by atoms with E-state index in [1.807, 2.05) is 32.9 Å². The zero-order valence-corrected chi connectivity index (χ0v) is 19.0. The molecule has 1 unspecified atom stereocenters. The molecular weight excluding hydrogens is 375 g/mol. The van der Waals surface area contributed by atoms with Crippen LogP contribution in [0.1, 0.15) is 64.5 Å². The third kappa shape index (κ3) is 9.38. The first-order valence-corrected chi connectivity index (χ1v) is 12.0. The van der Waals surface area contributed by atoms with E-state index >= 15 is 0 Å². The van der Waals surface area contributed by atoms with Gasteiger partial charge in [0, 0.05) is 0 Å². The highest BCUT2D eigenvalue weighted by Gasteiger charge is 2.17. The van der Waals surface area contributed by atoms with Crippen LogP contribution in [0, 0.1) is 5.92 Å². The summed E-state index contributed by atoms with van der Waals surface area (Å²) in [5.41, 5.74) is 2.28. The first kappa shape index (κ1) is 24.9. The molecule has 0 N–H and O–H groups in total. The van der Waals surface area contributed by atoms with E-state index in [1.54, 1.807) is 0 Å². The summed E-state index contributed by atoms with van der Waals surface area (Å²) in [6.07, 6.45) is 6.46. The van der Waals surface area contributed by atoms with Crippen LogP contribution in [0.25, 0.3) is 0 Å². The average Bonchev–Trinajstić information content (AvgIpc) is 2.64. The quantitative estimate of drug-likeness (QED) is 0.226. The fourth-order valence-electron chi connectivity index (χ4n) is 2.76. The molecule has 0 bridgehead atoms. The molecule has 0 fully saturated rings. The van der Waals surface area contributed by atoms with E-state index in [4.69, 9.17) is 18.3 Å². The minimum absolute atomic E-state index is 0.194.